The molecule has 5 heteroatoms. The summed E-state index contributed by atoms with van der Waals surface area (Å²) >= 11 is 0. The van der Waals surface area contributed by atoms with E-state index in [4.69, 9.17) is 10.00 Å². The van der Waals surface area contributed by atoms with Crippen molar-refractivity contribution in [1.82, 2.24) is 15.0 Å². The smallest absolute Gasteiger partial charge is 0.156 e. The number of pyridine rings is 1. The van der Waals surface area contributed by atoms with Gasteiger partial charge in [-0.2, -0.15) is 5.26 Å². The van der Waals surface area contributed by atoms with Crippen LogP contribution in [-0.4, -0.2) is 21.6 Å². The highest BCUT2D eigenvalue weighted by molar-refractivity contribution is 5.67. The third-order valence-electron chi connectivity index (χ3n) is 3.46. The zero-order valence-corrected chi connectivity index (χ0v) is 13.0. The molecule has 0 aliphatic rings. The van der Waals surface area contributed by atoms with Crippen molar-refractivity contribution in [2.75, 3.05) is 6.61 Å². The molecule has 0 bridgehead atoms. The molecule has 0 spiro atoms. The lowest BCUT2D eigenvalue weighted by Crippen LogP contribution is -1.91. The Balaban J connectivity index is 1.96. The minimum Gasteiger partial charge on any atom is -0.494 e. The minimum atomic E-state index is 0.562. The molecule has 0 fully saturated rings. The van der Waals surface area contributed by atoms with Crippen molar-refractivity contribution in [3.63, 3.8) is 0 Å². The number of nitriles is 1. The van der Waals surface area contributed by atoms with Gasteiger partial charge in [0.05, 0.1) is 23.9 Å². The molecule has 0 saturated heterocycles. The molecular formula is C18H16N4O. The molecule has 0 radical (unpaired) electrons. The molecular weight excluding hydrogens is 288 g/mol. The Labute approximate surface area is 134 Å². The number of nitrogens with one attached hydrogen (secondary N) is 1. The summed E-state index contributed by atoms with van der Waals surface area (Å²) in [5, 5.41) is 9.00. The number of ether oxygens (including phenoxy) is 1. The number of benzene rings is 1. The van der Waals surface area contributed by atoms with Gasteiger partial charge < -0.3 is 9.72 Å². The van der Waals surface area contributed by atoms with E-state index < -0.39 is 0 Å². The first kappa shape index (κ1) is 14.8. The van der Waals surface area contributed by atoms with Crippen LogP contribution in [0.2, 0.25) is 0 Å². The van der Waals surface area contributed by atoms with Crippen LogP contribution in [0.3, 0.4) is 0 Å². The first-order valence-electron chi connectivity index (χ1n) is 7.37. The normalized spacial score (nSPS) is 10.3. The number of rotatable bonds is 4. The summed E-state index contributed by atoms with van der Waals surface area (Å²) in [5.41, 5.74) is 4.04. The van der Waals surface area contributed by atoms with E-state index in [1.165, 1.54) is 0 Å². The molecule has 1 N–H and O–H groups in total. The third kappa shape index (κ3) is 3.06. The standard InChI is InChI=1S/C18H16N4O/c1-3-23-15-6-4-14(5-7-15)17-12(2)21-18(22-17)16-10-13(11-19)8-9-20-16/h4-10H,3H2,1-2H3,(H,21,22). The average molecular weight is 304 g/mol. The Bertz CT molecular complexity index is 859. The van der Waals surface area contributed by atoms with Crippen molar-refractivity contribution in [3.8, 4) is 34.6 Å². The zero-order valence-electron chi connectivity index (χ0n) is 13.0. The molecule has 0 atom stereocenters. The van der Waals surface area contributed by atoms with Gasteiger partial charge in [-0.3, -0.25) is 4.98 Å². The molecule has 0 saturated carbocycles. The Morgan fingerprint density at radius 2 is 2.00 bits per heavy atom. The Morgan fingerprint density at radius 1 is 1.22 bits per heavy atom. The van der Waals surface area contributed by atoms with Gasteiger partial charge in [0.25, 0.3) is 0 Å². The van der Waals surface area contributed by atoms with Gasteiger partial charge in [-0.05, 0) is 50.2 Å². The summed E-state index contributed by atoms with van der Waals surface area (Å²) in [4.78, 5) is 12.1. The van der Waals surface area contributed by atoms with Gasteiger partial charge >= 0.3 is 0 Å². The predicted octanol–water partition coefficient (Wildman–Crippen LogP) is 3.72. The van der Waals surface area contributed by atoms with Crippen LogP contribution in [0.1, 0.15) is 18.2 Å². The van der Waals surface area contributed by atoms with E-state index in [1.807, 2.05) is 38.1 Å². The molecule has 3 aromatic rings. The SMILES string of the molecule is CCOc1ccc(-c2nc(-c3cc(C#N)ccn3)[nH]c2C)cc1. The molecule has 2 aromatic heterocycles. The average Bonchev–Trinajstić information content (AvgIpc) is 2.98. The van der Waals surface area contributed by atoms with Crippen LogP contribution in [0.25, 0.3) is 22.8 Å². The summed E-state index contributed by atoms with van der Waals surface area (Å²) in [6.07, 6.45) is 1.61. The molecule has 114 valence electrons. The summed E-state index contributed by atoms with van der Waals surface area (Å²) < 4.78 is 5.46. The quantitative estimate of drug-likeness (QED) is 0.797. The van der Waals surface area contributed by atoms with E-state index in [9.17, 15) is 0 Å². The topological polar surface area (TPSA) is 74.6 Å². The summed E-state index contributed by atoms with van der Waals surface area (Å²) in [6.45, 7) is 4.57. The summed E-state index contributed by atoms with van der Waals surface area (Å²) in [7, 11) is 0. The third-order valence-corrected chi connectivity index (χ3v) is 3.46. The zero-order chi connectivity index (χ0) is 16.2. The van der Waals surface area contributed by atoms with E-state index in [-0.39, 0.29) is 0 Å². The second-order valence-electron chi connectivity index (χ2n) is 5.06. The number of aromatic nitrogens is 3. The fourth-order valence-corrected chi connectivity index (χ4v) is 2.37. The van der Waals surface area contributed by atoms with E-state index in [0.29, 0.717) is 23.7 Å². The number of hydrogen-bond donors (Lipinski definition) is 1. The number of hydrogen-bond acceptors (Lipinski definition) is 4. The Kier molecular flexibility index (Phi) is 4.07. The fourth-order valence-electron chi connectivity index (χ4n) is 2.37. The first-order valence-corrected chi connectivity index (χ1v) is 7.37. The van der Waals surface area contributed by atoms with Crippen molar-refractivity contribution in [2.24, 2.45) is 0 Å². The van der Waals surface area contributed by atoms with Crippen molar-refractivity contribution >= 4 is 0 Å². The largest absolute Gasteiger partial charge is 0.494 e. The predicted molar refractivity (Wildman–Crippen MR) is 87.9 cm³/mol. The van der Waals surface area contributed by atoms with Crippen LogP contribution < -0.4 is 4.74 Å². The van der Waals surface area contributed by atoms with Gasteiger partial charge in [-0.1, -0.05) is 0 Å². The number of H-pyrrole nitrogens is 1. The van der Waals surface area contributed by atoms with E-state index >= 15 is 0 Å². The second kappa shape index (κ2) is 6.32. The summed E-state index contributed by atoms with van der Waals surface area (Å²) in [5.74, 6) is 1.50. The second-order valence-corrected chi connectivity index (χ2v) is 5.06. The fraction of sp³-hybridized carbons (Fsp3) is 0.167. The molecule has 5 nitrogen and oxygen atoms in total. The van der Waals surface area contributed by atoms with Crippen LogP contribution in [0.4, 0.5) is 0 Å². The monoisotopic (exact) mass is 304 g/mol. The van der Waals surface area contributed by atoms with Crippen LogP contribution in [0, 0.1) is 18.3 Å². The van der Waals surface area contributed by atoms with Gasteiger partial charge in [-0.25, -0.2) is 4.98 Å². The lowest BCUT2D eigenvalue weighted by molar-refractivity contribution is 0.340. The maximum atomic E-state index is 9.00. The first-order chi connectivity index (χ1) is 11.2. The maximum absolute atomic E-state index is 9.00. The van der Waals surface area contributed by atoms with Crippen molar-refractivity contribution < 1.29 is 4.74 Å². The van der Waals surface area contributed by atoms with Crippen LogP contribution in [0.15, 0.2) is 42.6 Å². The van der Waals surface area contributed by atoms with Gasteiger partial charge in [-0.15, -0.1) is 0 Å². The number of nitrogens with zero attached hydrogens (tertiary/aromatic N) is 3. The highest BCUT2D eigenvalue weighted by Crippen LogP contribution is 2.26. The molecule has 23 heavy (non-hydrogen) atoms. The maximum Gasteiger partial charge on any atom is 0.156 e. The Hall–Kier alpha value is -3.13. The van der Waals surface area contributed by atoms with Gasteiger partial charge in [0.2, 0.25) is 0 Å². The molecule has 2 heterocycles. The van der Waals surface area contributed by atoms with Crippen molar-refractivity contribution in [2.45, 2.75) is 13.8 Å². The molecule has 0 aliphatic carbocycles. The van der Waals surface area contributed by atoms with Crippen LogP contribution in [0.5, 0.6) is 5.75 Å². The summed E-state index contributed by atoms with van der Waals surface area (Å²) in [6, 6.07) is 13.3. The van der Waals surface area contributed by atoms with Crippen molar-refractivity contribution in [1.29, 1.82) is 5.26 Å². The molecule has 3 rings (SSSR count). The van der Waals surface area contributed by atoms with E-state index in [2.05, 4.69) is 21.0 Å². The molecule has 0 unspecified atom stereocenters. The van der Waals surface area contributed by atoms with Gasteiger partial charge in [0.1, 0.15) is 11.4 Å². The molecule has 0 amide bonds. The van der Waals surface area contributed by atoms with E-state index in [1.54, 1.807) is 18.3 Å². The van der Waals surface area contributed by atoms with Crippen LogP contribution >= 0.6 is 0 Å². The number of aryl methyl sites for hydroxylation is 1. The minimum absolute atomic E-state index is 0.562. The van der Waals surface area contributed by atoms with Crippen molar-refractivity contribution in [3.05, 3.63) is 53.9 Å². The lowest BCUT2D eigenvalue weighted by Gasteiger charge is -2.03. The molecule has 1 aromatic carbocycles. The van der Waals surface area contributed by atoms with Crippen LogP contribution in [-0.2, 0) is 0 Å². The molecule has 0 aliphatic heterocycles. The highest BCUT2D eigenvalue weighted by Gasteiger charge is 2.12. The van der Waals surface area contributed by atoms with Gasteiger partial charge in [0.15, 0.2) is 5.82 Å². The Morgan fingerprint density at radius 3 is 2.70 bits per heavy atom. The number of aromatic amines is 1. The highest BCUT2D eigenvalue weighted by atomic mass is 16.5. The van der Waals surface area contributed by atoms with E-state index in [0.717, 1.165) is 22.7 Å². The number of imidazole rings is 1. The van der Waals surface area contributed by atoms with Gasteiger partial charge in [0, 0.05) is 17.5 Å². The lowest BCUT2D eigenvalue weighted by atomic mass is 10.1.